The summed E-state index contributed by atoms with van der Waals surface area (Å²) in [4.78, 5) is 11.9. The minimum Gasteiger partial charge on any atom is -0.361 e. The van der Waals surface area contributed by atoms with Crippen LogP contribution in [0, 0.1) is 0 Å². The molecule has 1 aromatic carbocycles. The van der Waals surface area contributed by atoms with E-state index in [4.69, 9.17) is 4.52 Å². The average Bonchev–Trinajstić information content (AvgIpc) is 2.78. The minimum absolute atomic E-state index is 0.0910. The molecule has 0 radical (unpaired) electrons. The Balaban J connectivity index is 2.21. The van der Waals surface area contributed by atoms with Crippen molar-refractivity contribution in [2.45, 2.75) is 19.8 Å². The molecular weight excluding hydrogens is 202 g/mol. The van der Waals surface area contributed by atoms with Gasteiger partial charge in [0.25, 0.3) is 0 Å². The van der Waals surface area contributed by atoms with Crippen LogP contribution in [0.5, 0.6) is 0 Å². The molecule has 0 fully saturated rings. The Morgan fingerprint density at radius 3 is 2.75 bits per heavy atom. The maximum Gasteiger partial charge on any atom is 0.214 e. The molecule has 0 unspecified atom stereocenters. The number of nitrogens with zero attached hydrogens (tertiary/aromatic N) is 1. The first-order valence-corrected chi connectivity index (χ1v) is 5.36. The summed E-state index contributed by atoms with van der Waals surface area (Å²) in [7, 11) is 0. The molecular formula is C13H13NO2. The number of ketones is 1. The molecule has 3 heteroatoms. The second-order valence-corrected chi connectivity index (χ2v) is 3.62. The van der Waals surface area contributed by atoms with Crippen LogP contribution in [-0.4, -0.2) is 10.9 Å². The number of hydrogen-bond donors (Lipinski definition) is 0. The zero-order valence-electron chi connectivity index (χ0n) is 9.14. The van der Waals surface area contributed by atoms with Gasteiger partial charge in [-0.3, -0.25) is 4.79 Å². The molecule has 0 saturated heterocycles. The summed E-state index contributed by atoms with van der Waals surface area (Å²) in [6.07, 6.45) is 1.79. The van der Waals surface area contributed by atoms with Crippen molar-refractivity contribution in [3.05, 3.63) is 53.4 Å². The van der Waals surface area contributed by atoms with Gasteiger partial charge in [-0.15, -0.1) is 0 Å². The first kappa shape index (κ1) is 10.6. The highest BCUT2D eigenvalue weighted by Crippen LogP contribution is 2.11. The number of rotatable bonds is 4. The number of aromatic nitrogens is 1. The van der Waals surface area contributed by atoms with Gasteiger partial charge in [0, 0.05) is 18.1 Å². The van der Waals surface area contributed by atoms with Crippen molar-refractivity contribution in [1.82, 2.24) is 5.16 Å². The monoisotopic (exact) mass is 215 g/mol. The highest BCUT2D eigenvalue weighted by Gasteiger charge is 2.13. The molecule has 0 aliphatic heterocycles. The van der Waals surface area contributed by atoms with E-state index in [0.717, 1.165) is 18.6 Å². The van der Waals surface area contributed by atoms with Crippen LogP contribution in [0.25, 0.3) is 0 Å². The van der Waals surface area contributed by atoms with Gasteiger partial charge < -0.3 is 4.52 Å². The number of carbonyl (C=O) groups is 1. The fraction of sp³-hybridized carbons (Fsp3) is 0.231. The van der Waals surface area contributed by atoms with Crippen molar-refractivity contribution >= 4 is 5.78 Å². The van der Waals surface area contributed by atoms with Crippen molar-refractivity contribution in [3.8, 4) is 0 Å². The maximum atomic E-state index is 11.9. The SMILES string of the molecule is CCCc1cc(C(=O)c2ccccc2)no1. The molecule has 0 atom stereocenters. The Labute approximate surface area is 94.1 Å². The Kier molecular flexibility index (Phi) is 3.15. The first-order valence-electron chi connectivity index (χ1n) is 5.36. The molecule has 1 aromatic heterocycles. The van der Waals surface area contributed by atoms with Crippen LogP contribution < -0.4 is 0 Å². The zero-order chi connectivity index (χ0) is 11.4. The molecule has 2 aromatic rings. The van der Waals surface area contributed by atoms with Crippen LogP contribution in [0.15, 0.2) is 40.9 Å². The van der Waals surface area contributed by atoms with Gasteiger partial charge in [0.15, 0.2) is 5.69 Å². The molecule has 82 valence electrons. The van der Waals surface area contributed by atoms with E-state index < -0.39 is 0 Å². The van der Waals surface area contributed by atoms with E-state index >= 15 is 0 Å². The molecule has 0 aliphatic carbocycles. The van der Waals surface area contributed by atoms with Crippen molar-refractivity contribution < 1.29 is 9.32 Å². The van der Waals surface area contributed by atoms with E-state index in [1.807, 2.05) is 18.2 Å². The fourth-order valence-corrected chi connectivity index (χ4v) is 1.52. The van der Waals surface area contributed by atoms with Crippen LogP contribution in [-0.2, 0) is 6.42 Å². The van der Waals surface area contributed by atoms with Gasteiger partial charge in [-0.1, -0.05) is 42.4 Å². The second-order valence-electron chi connectivity index (χ2n) is 3.62. The minimum atomic E-state index is -0.0910. The quantitative estimate of drug-likeness (QED) is 0.736. The number of aryl methyl sites for hydroxylation is 1. The summed E-state index contributed by atoms with van der Waals surface area (Å²) in [6.45, 7) is 2.06. The number of benzene rings is 1. The zero-order valence-corrected chi connectivity index (χ0v) is 9.14. The average molecular weight is 215 g/mol. The summed E-state index contributed by atoms with van der Waals surface area (Å²) in [5, 5.41) is 3.79. The third kappa shape index (κ3) is 2.19. The number of hydrogen-bond acceptors (Lipinski definition) is 3. The lowest BCUT2D eigenvalue weighted by atomic mass is 10.1. The van der Waals surface area contributed by atoms with Crippen molar-refractivity contribution in [1.29, 1.82) is 0 Å². The largest absolute Gasteiger partial charge is 0.361 e. The Morgan fingerprint density at radius 1 is 1.31 bits per heavy atom. The first-order chi connectivity index (χ1) is 7.81. The van der Waals surface area contributed by atoms with Gasteiger partial charge in [-0.05, 0) is 6.42 Å². The van der Waals surface area contributed by atoms with Crippen molar-refractivity contribution in [2.75, 3.05) is 0 Å². The fourth-order valence-electron chi connectivity index (χ4n) is 1.52. The van der Waals surface area contributed by atoms with Crippen molar-refractivity contribution in [2.24, 2.45) is 0 Å². The lowest BCUT2D eigenvalue weighted by Gasteiger charge is -1.94. The van der Waals surface area contributed by atoms with E-state index in [9.17, 15) is 4.79 Å². The second kappa shape index (κ2) is 4.75. The van der Waals surface area contributed by atoms with E-state index in [2.05, 4.69) is 12.1 Å². The lowest BCUT2D eigenvalue weighted by Crippen LogP contribution is -2.00. The van der Waals surface area contributed by atoms with Crippen LogP contribution in [0.3, 0.4) is 0 Å². The molecule has 0 saturated carbocycles. The summed E-state index contributed by atoms with van der Waals surface area (Å²) in [5.74, 6) is 0.675. The van der Waals surface area contributed by atoms with E-state index in [1.54, 1.807) is 18.2 Å². The topological polar surface area (TPSA) is 43.1 Å². The highest BCUT2D eigenvalue weighted by molar-refractivity contribution is 6.07. The molecule has 0 spiro atoms. The van der Waals surface area contributed by atoms with Crippen LogP contribution in [0.2, 0.25) is 0 Å². The van der Waals surface area contributed by atoms with E-state index in [1.165, 1.54) is 0 Å². The summed E-state index contributed by atoms with van der Waals surface area (Å²) < 4.78 is 5.08. The van der Waals surface area contributed by atoms with Gasteiger partial charge in [0.05, 0.1) is 0 Å². The Hall–Kier alpha value is -1.90. The molecule has 0 amide bonds. The molecule has 0 N–H and O–H groups in total. The normalized spacial score (nSPS) is 10.3. The van der Waals surface area contributed by atoms with Gasteiger partial charge in [0.1, 0.15) is 5.76 Å². The van der Waals surface area contributed by atoms with Crippen LogP contribution >= 0.6 is 0 Å². The third-order valence-electron chi connectivity index (χ3n) is 2.32. The van der Waals surface area contributed by atoms with Crippen LogP contribution in [0.1, 0.15) is 35.2 Å². The number of carbonyl (C=O) groups excluding carboxylic acids is 1. The van der Waals surface area contributed by atoms with Crippen LogP contribution in [0.4, 0.5) is 0 Å². The molecule has 16 heavy (non-hydrogen) atoms. The molecule has 2 rings (SSSR count). The highest BCUT2D eigenvalue weighted by atomic mass is 16.5. The predicted octanol–water partition coefficient (Wildman–Crippen LogP) is 2.86. The lowest BCUT2D eigenvalue weighted by molar-refractivity contribution is 0.103. The van der Waals surface area contributed by atoms with Gasteiger partial charge in [-0.25, -0.2) is 0 Å². The smallest absolute Gasteiger partial charge is 0.214 e. The molecule has 3 nitrogen and oxygen atoms in total. The summed E-state index contributed by atoms with van der Waals surface area (Å²) >= 11 is 0. The van der Waals surface area contributed by atoms with E-state index in [0.29, 0.717) is 11.3 Å². The molecule has 0 aliphatic rings. The Bertz CT molecular complexity index is 474. The van der Waals surface area contributed by atoms with Gasteiger partial charge >= 0.3 is 0 Å². The standard InChI is InChI=1S/C13H13NO2/c1-2-6-11-9-12(14-16-11)13(15)10-7-4-3-5-8-10/h3-5,7-9H,2,6H2,1H3. The Morgan fingerprint density at radius 2 is 2.06 bits per heavy atom. The van der Waals surface area contributed by atoms with Gasteiger partial charge in [0.2, 0.25) is 5.78 Å². The third-order valence-corrected chi connectivity index (χ3v) is 2.32. The molecule has 1 heterocycles. The van der Waals surface area contributed by atoms with Crippen molar-refractivity contribution in [3.63, 3.8) is 0 Å². The molecule has 0 bridgehead atoms. The van der Waals surface area contributed by atoms with Gasteiger partial charge in [-0.2, -0.15) is 0 Å². The summed E-state index contributed by atoms with van der Waals surface area (Å²) in [6, 6.07) is 10.8. The maximum absolute atomic E-state index is 11.9. The predicted molar refractivity (Wildman–Crippen MR) is 60.4 cm³/mol. The summed E-state index contributed by atoms with van der Waals surface area (Å²) in [5.41, 5.74) is 1.02. The van der Waals surface area contributed by atoms with E-state index in [-0.39, 0.29) is 5.78 Å².